The lowest BCUT2D eigenvalue weighted by Gasteiger charge is -2.21. The summed E-state index contributed by atoms with van der Waals surface area (Å²) in [6.45, 7) is 3.36. The second-order valence-corrected chi connectivity index (χ2v) is 8.65. The van der Waals surface area contributed by atoms with Gasteiger partial charge in [-0.3, -0.25) is 9.69 Å². The Hall–Kier alpha value is -2.90. The Morgan fingerprint density at radius 2 is 2.09 bits per heavy atom. The summed E-state index contributed by atoms with van der Waals surface area (Å²) in [4.78, 5) is 19.9. The second kappa shape index (κ2) is 10.1. The van der Waals surface area contributed by atoms with Crippen LogP contribution in [0.25, 0.3) is 16.3 Å². The zero-order valence-electron chi connectivity index (χ0n) is 18.7. The minimum Gasteiger partial charge on any atom is -0.493 e. The molecule has 1 atom stereocenters. The van der Waals surface area contributed by atoms with Crippen LogP contribution in [0.1, 0.15) is 30.9 Å². The number of rotatable bonds is 8. The molecular weight excluding hydrogens is 424 g/mol. The summed E-state index contributed by atoms with van der Waals surface area (Å²) in [5, 5.41) is 0.707. The number of hydrogen-bond donors (Lipinski definition) is 0. The first-order chi connectivity index (χ1) is 15.6. The molecule has 3 aromatic rings. The lowest BCUT2D eigenvalue weighted by atomic mass is 10.1. The van der Waals surface area contributed by atoms with Gasteiger partial charge in [-0.25, -0.2) is 4.98 Å². The summed E-state index contributed by atoms with van der Waals surface area (Å²) < 4.78 is 17.6. The average Bonchev–Trinajstić information content (AvgIpc) is 3.50. The number of fused-ring (bicyclic) bond motifs is 1. The molecule has 2 aromatic carbocycles. The molecule has 1 aromatic heterocycles. The predicted octanol–water partition coefficient (Wildman–Crippen LogP) is 5.10. The van der Waals surface area contributed by atoms with Gasteiger partial charge in [-0.1, -0.05) is 36.5 Å². The van der Waals surface area contributed by atoms with E-state index < -0.39 is 0 Å². The summed E-state index contributed by atoms with van der Waals surface area (Å²) in [7, 11) is 3.19. The number of carbonyl (C=O) groups is 1. The number of para-hydroxylation sites is 1. The number of thiazole rings is 1. The topological polar surface area (TPSA) is 60.9 Å². The Labute approximate surface area is 192 Å². The van der Waals surface area contributed by atoms with Crippen LogP contribution in [-0.2, 0) is 16.0 Å². The van der Waals surface area contributed by atoms with Gasteiger partial charge in [0.25, 0.3) is 5.91 Å². The van der Waals surface area contributed by atoms with E-state index in [2.05, 4.69) is 19.1 Å². The van der Waals surface area contributed by atoms with E-state index in [1.54, 1.807) is 42.6 Å². The number of methoxy groups -OCH3 is 2. The summed E-state index contributed by atoms with van der Waals surface area (Å²) in [6.07, 6.45) is 6.29. The van der Waals surface area contributed by atoms with Crippen molar-refractivity contribution in [3.63, 3.8) is 0 Å². The van der Waals surface area contributed by atoms with Crippen LogP contribution in [0.2, 0.25) is 0 Å². The van der Waals surface area contributed by atoms with Crippen LogP contribution in [-0.4, -0.2) is 44.4 Å². The highest BCUT2D eigenvalue weighted by molar-refractivity contribution is 7.22. The van der Waals surface area contributed by atoms with Crippen molar-refractivity contribution in [2.45, 2.75) is 32.3 Å². The van der Waals surface area contributed by atoms with Gasteiger partial charge in [0.15, 0.2) is 16.6 Å². The highest BCUT2D eigenvalue weighted by Gasteiger charge is 2.25. The van der Waals surface area contributed by atoms with E-state index in [0.29, 0.717) is 23.2 Å². The van der Waals surface area contributed by atoms with Crippen molar-refractivity contribution in [3.05, 3.63) is 53.6 Å². The number of anilines is 1. The lowest BCUT2D eigenvalue weighted by molar-refractivity contribution is -0.114. The quantitative estimate of drug-likeness (QED) is 0.445. The number of nitrogens with zero attached hydrogens (tertiary/aromatic N) is 2. The minimum atomic E-state index is -0.118. The summed E-state index contributed by atoms with van der Waals surface area (Å²) in [5.41, 5.74) is 3.02. The summed E-state index contributed by atoms with van der Waals surface area (Å²) >= 11 is 1.55. The van der Waals surface area contributed by atoms with E-state index >= 15 is 0 Å². The second-order valence-electron chi connectivity index (χ2n) is 7.65. The van der Waals surface area contributed by atoms with Crippen molar-refractivity contribution in [1.29, 1.82) is 0 Å². The van der Waals surface area contributed by atoms with E-state index in [1.165, 1.54) is 5.56 Å². The number of hydrogen-bond acceptors (Lipinski definition) is 6. The Morgan fingerprint density at radius 1 is 1.25 bits per heavy atom. The van der Waals surface area contributed by atoms with Gasteiger partial charge in [0, 0.05) is 12.7 Å². The lowest BCUT2D eigenvalue weighted by Crippen LogP contribution is -2.36. The van der Waals surface area contributed by atoms with Crippen LogP contribution < -0.4 is 14.4 Å². The molecule has 6 nitrogen and oxygen atoms in total. The fourth-order valence-corrected chi connectivity index (χ4v) is 4.89. The van der Waals surface area contributed by atoms with Crippen LogP contribution >= 0.6 is 11.3 Å². The van der Waals surface area contributed by atoms with Crippen molar-refractivity contribution in [1.82, 2.24) is 4.98 Å². The van der Waals surface area contributed by atoms with Gasteiger partial charge < -0.3 is 14.2 Å². The standard InChI is InChI=1S/C25H28N2O4S/c1-4-18-7-5-9-22-24(18)26-25(32-22)27(16-19-8-6-14-31-19)23(28)13-11-17-10-12-20(29-2)21(15-17)30-3/h5,7,9-13,15,19H,4,6,8,14,16H2,1-3H3/b13-11+. The Morgan fingerprint density at radius 3 is 2.81 bits per heavy atom. The third kappa shape index (κ3) is 4.79. The first-order valence-electron chi connectivity index (χ1n) is 10.8. The van der Waals surface area contributed by atoms with E-state index in [9.17, 15) is 4.79 Å². The average molecular weight is 453 g/mol. The van der Waals surface area contributed by atoms with E-state index in [1.807, 2.05) is 24.3 Å². The van der Waals surface area contributed by atoms with Gasteiger partial charge in [0.2, 0.25) is 0 Å². The molecule has 0 N–H and O–H groups in total. The molecular formula is C25H28N2O4S. The van der Waals surface area contributed by atoms with Gasteiger partial charge in [-0.15, -0.1) is 0 Å². The summed E-state index contributed by atoms with van der Waals surface area (Å²) in [5.74, 6) is 1.15. The first-order valence-corrected chi connectivity index (χ1v) is 11.7. The van der Waals surface area contributed by atoms with E-state index in [-0.39, 0.29) is 12.0 Å². The molecule has 0 spiro atoms. The maximum Gasteiger partial charge on any atom is 0.252 e. The Bertz CT molecular complexity index is 1120. The Kier molecular flexibility index (Phi) is 7.07. The van der Waals surface area contributed by atoms with Gasteiger partial charge >= 0.3 is 0 Å². The van der Waals surface area contributed by atoms with Crippen LogP contribution in [0.5, 0.6) is 11.5 Å². The molecule has 1 aliphatic heterocycles. The van der Waals surface area contributed by atoms with Crippen molar-refractivity contribution >= 4 is 38.7 Å². The van der Waals surface area contributed by atoms with Gasteiger partial charge in [0.05, 0.1) is 37.1 Å². The van der Waals surface area contributed by atoms with Crippen molar-refractivity contribution in [2.75, 3.05) is 32.3 Å². The molecule has 1 unspecified atom stereocenters. The van der Waals surface area contributed by atoms with Crippen molar-refractivity contribution < 1.29 is 19.0 Å². The third-order valence-electron chi connectivity index (χ3n) is 5.61. The molecule has 1 aliphatic rings. The van der Waals surface area contributed by atoms with E-state index in [0.717, 1.165) is 41.6 Å². The zero-order chi connectivity index (χ0) is 22.5. The van der Waals surface area contributed by atoms with Crippen molar-refractivity contribution in [2.24, 2.45) is 0 Å². The maximum absolute atomic E-state index is 13.3. The maximum atomic E-state index is 13.3. The summed E-state index contributed by atoms with van der Waals surface area (Å²) in [6, 6.07) is 11.8. The molecule has 32 heavy (non-hydrogen) atoms. The molecule has 7 heteroatoms. The molecule has 4 rings (SSSR count). The SMILES string of the molecule is CCc1cccc2sc(N(CC3CCCO3)C(=O)/C=C/c3ccc(OC)c(OC)c3)nc12. The molecule has 168 valence electrons. The van der Waals surface area contributed by atoms with Crippen LogP contribution in [0.4, 0.5) is 5.13 Å². The van der Waals surface area contributed by atoms with Gasteiger partial charge in [-0.05, 0) is 54.7 Å². The van der Waals surface area contributed by atoms with Crippen molar-refractivity contribution in [3.8, 4) is 11.5 Å². The fourth-order valence-electron chi connectivity index (χ4n) is 3.86. The zero-order valence-corrected chi connectivity index (χ0v) is 19.5. The number of benzene rings is 2. The number of aromatic nitrogens is 1. The van der Waals surface area contributed by atoms with Crippen LogP contribution in [0, 0.1) is 0 Å². The molecule has 0 bridgehead atoms. The molecule has 0 radical (unpaired) electrons. The normalized spacial score (nSPS) is 16.0. The van der Waals surface area contributed by atoms with Gasteiger partial charge in [-0.2, -0.15) is 0 Å². The fraction of sp³-hybridized carbons (Fsp3) is 0.360. The molecule has 0 saturated carbocycles. The van der Waals surface area contributed by atoms with Crippen LogP contribution in [0.3, 0.4) is 0 Å². The number of aryl methyl sites for hydroxylation is 1. The molecule has 1 saturated heterocycles. The number of carbonyl (C=O) groups excluding carboxylic acids is 1. The predicted molar refractivity (Wildman–Crippen MR) is 129 cm³/mol. The highest BCUT2D eigenvalue weighted by Crippen LogP contribution is 2.32. The highest BCUT2D eigenvalue weighted by atomic mass is 32.1. The Balaban J connectivity index is 1.63. The van der Waals surface area contributed by atoms with Gasteiger partial charge in [0.1, 0.15) is 0 Å². The van der Waals surface area contributed by atoms with E-state index in [4.69, 9.17) is 19.2 Å². The molecule has 0 aliphatic carbocycles. The monoisotopic (exact) mass is 452 g/mol. The molecule has 2 heterocycles. The van der Waals surface area contributed by atoms with Crippen LogP contribution in [0.15, 0.2) is 42.5 Å². The smallest absolute Gasteiger partial charge is 0.252 e. The number of amides is 1. The molecule has 1 fully saturated rings. The third-order valence-corrected chi connectivity index (χ3v) is 6.65. The molecule has 1 amide bonds. The number of ether oxygens (including phenoxy) is 3. The largest absolute Gasteiger partial charge is 0.493 e. The minimum absolute atomic E-state index is 0.0334. The first kappa shape index (κ1) is 22.3.